The summed E-state index contributed by atoms with van der Waals surface area (Å²) in [7, 11) is 2.98. The zero-order chi connectivity index (χ0) is 22.7. The molecule has 1 unspecified atom stereocenters. The summed E-state index contributed by atoms with van der Waals surface area (Å²) in [6, 6.07) is 13.7. The number of rotatable bonds is 7. The SMILES string of the molecule is COC(=O)COc1cccc2c1c1c(n2Cc2cccc(OC)c2)CCCCC1C(N)=O. The number of primary amides is 1. The van der Waals surface area contributed by atoms with Gasteiger partial charge in [-0.05, 0) is 54.7 Å². The Morgan fingerprint density at radius 2 is 1.94 bits per heavy atom. The summed E-state index contributed by atoms with van der Waals surface area (Å²) < 4.78 is 18.2. The molecule has 1 aliphatic rings. The first-order valence-corrected chi connectivity index (χ1v) is 10.8. The van der Waals surface area contributed by atoms with E-state index in [0.717, 1.165) is 52.7 Å². The van der Waals surface area contributed by atoms with Crippen LogP contribution in [0, 0.1) is 0 Å². The normalized spacial score (nSPS) is 15.6. The van der Waals surface area contributed by atoms with Gasteiger partial charge in [-0.1, -0.05) is 24.6 Å². The lowest BCUT2D eigenvalue weighted by atomic mass is 9.92. The van der Waals surface area contributed by atoms with Gasteiger partial charge in [0.25, 0.3) is 0 Å². The summed E-state index contributed by atoms with van der Waals surface area (Å²) in [6.45, 7) is 0.418. The highest BCUT2D eigenvalue weighted by Gasteiger charge is 2.31. The van der Waals surface area contributed by atoms with Crippen LogP contribution in [0.25, 0.3) is 10.9 Å². The molecule has 4 rings (SSSR count). The van der Waals surface area contributed by atoms with E-state index in [0.29, 0.717) is 18.7 Å². The number of hydrogen-bond acceptors (Lipinski definition) is 5. The fraction of sp³-hybridized carbons (Fsp3) is 0.360. The highest BCUT2D eigenvalue weighted by molar-refractivity contribution is 5.97. The molecule has 0 radical (unpaired) electrons. The fourth-order valence-corrected chi connectivity index (χ4v) is 4.61. The molecule has 3 aromatic rings. The van der Waals surface area contributed by atoms with Gasteiger partial charge in [-0.3, -0.25) is 4.79 Å². The van der Waals surface area contributed by atoms with Gasteiger partial charge in [0.1, 0.15) is 11.5 Å². The van der Waals surface area contributed by atoms with Crippen LogP contribution in [0.15, 0.2) is 42.5 Å². The zero-order valence-electron chi connectivity index (χ0n) is 18.4. The van der Waals surface area contributed by atoms with Crippen molar-refractivity contribution in [1.29, 1.82) is 0 Å². The van der Waals surface area contributed by atoms with Gasteiger partial charge in [-0.2, -0.15) is 0 Å². The monoisotopic (exact) mass is 436 g/mol. The minimum absolute atomic E-state index is 0.202. The molecule has 2 N–H and O–H groups in total. The van der Waals surface area contributed by atoms with Gasteiger partial charge in [0.2, 0.25) is 5.91 Å². The van der Waals surface area contributed by atoms with Crippen LogP contribution >= 0.6 is 0 Å². The van der Waals surface area contributed by atoms with Crippen LogP contribution in [0.4, 0.5) is 0 Å². The van der Waals surface area contributed by atoms with Crippen molar-refractivity contribution < 1.29 is 23.8 Å². The number of aromatic nitrogens is 1. The number of nitrogens with zero attached hydrogens (tertiary/aromatic N) is 1. The number of esters is 1. The van der Waals surface area contributed by atoms with Crippen LogP contribution in [0.3, 0.4) is 0 Å². The van der Waals surface area contributed by atoms with E-state index in [4.69, 9.17) is 19.9 Å². The van der Waals surface area contributed by atoms with Crippen LogP contribution in [0.1, 0.15) is 42.0 Å². The van der Waals surface area contributed by atoms with E-state index in [1.54, 1.807) is 7.11 Å². The van der Waals surface area contributed by atoms with Crippen molar-refractivity contribution in [3.8, 4) is 11.5 Å². The van der Waals surface area contributed by atoms with Crippen molar-refractivity contribution in [3.63, 3.8) is 0 Å². The van der Waals surface area contributed by atoms with Crippen molar-refractivity contribution in [1.82, 2.24) is 4.57 Å². The number of methoxy groups -OCH3 is 2. The van der Waals surface area contributed by atoms with Gasteiger partial charge in [-0.15, -0.1) is 0 Å². The maximum Gasteiger partial charge on any atom is 0.343 e. The Hall–Kier alpha value is -3.48. The minimum atomic E-state index is -0.463. The Balaban J connectivity index is 1.90. The quantitative estimate of drug-likeness (QED) is 0.452. The molecule has 1 heterocycles. The van der Waals surface area contributed by atoms with E-state index in [9.17, 15) is 9.59 Å². The van der Waals surface area contributed by atoms with E-state index < -0.39 is 11.9 Å². The smallest absolute Gasteiger partial charge is 0.343 e. The predicted molar refractivity (Wildman–Crippen MR) is 121 cm³/mol. The summed E-state index contributed by atoms with van der Waals surface area (Å²) in [6.07, 6.45) is 3.44. The number of nitrogens with two attached hydrogens (primary N) is 1. The summed E-state index contributed by atoms with van der Waals surface area (Å²) in [5.41, 5.74) is 9.92. The Bertz CT molecular complexity index is 1150. The first kappa shape index (κ1) is 21.7. The van der Waals surface area contributed by atoms with Crippen LogP contribution in [0.5, 0.6) is 11.5 Å². The topological polar surface area (TPSA) is 92.8 Å². The lowest BCUT2D eigenvalue weighted by molar-refractivity contribution is -0.142. The molecule has 0 fully saturated rings. The van der Waals surface area contributed by atoms with Crippen molar-refractivity contribution in [2.75, 3.05) is 20.8 Å². The molecule has 1 aliphatic carbocycles. The number of carbonyl (C=O) groups is 2. The summed E-state index contributed by atoms with van der Waals surface area (Å²) in [5, 5.41) is 0.847. The third-order valence-electron chi connectivity index (χ3n) is 6.10. The van der Waals surface area contributed by atoms with Crippen LogP contribution < -0.4 is 15.2 Å². The van der Waals surface area contributed by atoms with E-state index in [1.807, 2.05) is 36.4 Å². The standard InChI is InChI=1S/C25H28N2O5/c1-30-17-8-5-7-16(13-17)14-27-19-10-4-3-9-18(25(26)29)23(19)24-20(27)11-6-12-21(24)32-15-22(28)31-2/h5-8,11-13,18H,3-4,9-10,14-15H2,1-2H3,(H2,26,29). The molecule has 0 bridgehead atoms. The molecule has 32 heavy (non-hydrogen) atoms. The van der Waals surface area contributed by atoms with Crippen molar-refractivity contribution >= 4 is 22.8 Å². The second kappa shape index (κ2) is 9.34. The first-order valence-electron chi connectivity index (χ1n) is 10.8. The Labute approximate surface area is 187 Å². The summed E-state index contributed by atoms with van der Waals surface area (Å²) in [4.78, 5) is 24.2. The van der Waals surface area contributed by atoms with Gasteiger partial charge in [0, 0.05) is 17.6 Å². The van der Waals surface area contributed by atoms with Gasteiger partial charge in [0.15, 0.2) is 6.61 Å². The molecule has 1 aromatic heterocycles. The molecular weight excluding hydrogens is 408 g/mol. The molecule has 0 spiro atoms. The molecule has 2 aromatic carbocycles. The predicted octanol–water partition coefficient (Wildman–Crippen LogP) is 3.55. The fourth-order valence-electron chi connectivity index (χ4n) is 4.61. The van der Waals surface area contributed by atoms with Gasteiger partial charge in [-0.25, -0.2) is 4.79 Å². The summed E-state index contributed by atoms with van der Waals surface area (Å²) in [5.74, 6) is 0.153. The van der Waals surface area contributed by atoms with Crippen molar-refractivity contribution in [3.05, 3.63) is 59.3 Å². The molecule has 1 atom stereocenters. The molecule has 0 aliphatic heterocycles. The van der Waals surface area contributed by atoms with Crippen LogP contribution in [-0.4, -0.2) is 37.3 Å². The number of benzene rings is 2. The average molecular weight is 437 g/mol. The van der Waals surface area contributed by atoms with Crippen LogP contribution in [0.2, 0.25) is 0 Å². The Kier molecular flexibility index (Phi) is 6.35. The van der Waals surface area contributed by atoms with Crippen molar-refractivity contribution in [2.45, 2.75) is 38.1 Å². The highest BCUT2D eigenvalue weighted by atomic mass is 16.6. The van der Waals surface area contributed by atoms with Crippen molar-refractivity contribution in [2.24, 2.45) is 5.73 Å². The van der Waals surface area contributed by atoms with E-state index in [2.05, 4.69) is 10.6 Å². The lowest BCUT2D eigenvalue weighted by Gasteiger charge is -2.14. The molecule has 1 amide bonds. The summed E-state index contributed by atoms with van der Waals surface area (Å²) >= 11 is 0. The Morgan fingerprint density at radius 3 is 2.69 bits per heavy atom. The van der Waals surface area contributed by atoms with E-state index in [-0.39, 0.29) is 12.5 Å². The van der Waals surface area contributed by atoms with Gasteiger partial charge < -0.3 is 24.5 Å². The molecule has 0 saturated heterocycles. The third kappa shape index (κ3) is 4.15. The molecule has 0 saturated carbocycles. The average Bonchev–Trinajstić information content (AvgIpc) is 2.96. The maximum absolute atomic E-state index is 12.5. The van der Waals surface area contributed by atoms with E-state index in [1.165, 1.54) is 7.11 Å². The molecule has 7 heteroatoms. The minimum Gasteiger partial charge on any atom is -0.497 e. The Morgan fingerprint density at radius 1 is 1.12 bits per heavy atom. The van der Waals surface area contributed by atoms with E-state index >= 15 is 0 Å². The number of carbonyl (C=O) groups excluding carboxylic acids is 2. The third-order valence-corrected chi connectivity index (χ3v) is 6.10. The van der Waals surface area contributed by atoms with Crippen LogP contribution in [-0.2, 0) is 27.3 Å². The molecule has 168 valence electrons. The zero-order valence-corrected chi connectivity index (χ0v) is 18.4. The first-order chi connectivity index (χ1) is 15.5. The second-order valence-electron chi connectivity index (χ2n) is 8.01. The number of hydrogen-bond donors (Lipinski definition) is 1. The second-order valence-corrected chi connectivity index (χ2v) is 8.01. The van der Waals surface area contributed by atoms with Gasteiger partial charge in [0.05, 0.1) is 25.7 Å². The highest BCUT2D eigenvalue weighted by Crippen LogP contribution is 2.42. The molecular formula is C25H28N2O5. The molecule has 7 nitrogen and oxygen atoms in total. The number of amides is 1. The number of ether oxygens (including phenoxy) is 3. The number of fused-ring (bicyclic) bond motifs is 3. The largest absolute Gasteiger partial charge is 0.497 e. The maximum atomic E-state index is 12.5. The lowest BCUT2D eigenvalue weighted by Crippen LogP contribution is -2.21. The van der Waals surface area contributed by atoms with Gasteiger partial charge >= 0.3 is 5.97 Å².